The summed E-state index contributed by atoms with van der Waals surface area (Å²) in [4.78, 5) is 22.9. The van der Waals surface area contributed by atoms with E-state index in [0.717, 1.165) is 5.57 Å². The highest BCUT2D eigenvalue weighted by Crippen LogP contribution is 2.29. The lowest BCUT2D eigenvalue weighted by Crippen LogP contribution is -2.14. The Morgan fingerprint density at radius 2 is 2.07 bits per heavy atom. The first-order valence-corrected chi connectivity index (χ1v) is 5.01. The van der Waals surface area contributed by atoms with Gasteiger partial charge in [-0.25, -0.2) is 4.79 Å². The van der Waals surface area contributed by atoms with Crippen molar-refractivity contribution in [1.29, 1.82) is 0 Å². The molecule has 3 heteroatoms. The molecular formula is C11H16O3. The summed E-state index contributed by atoms with van der Waals surface area (Å²) in [5, 5.41) is 0. The van der Waals surface area contributed by atoms with Gasteiger partial charge in [0.2, 0.25) is 0 Å². The third kappa shape index (κ3) is 2.03. The van der Waals surface area contributed by atoms with E-state index < -0.39 is 5.97 Å². The van der Waals surface area contributed by atoms with Crippen LogP contribution >= 0.6 is 0 Å². The first kappa shape index (κ1) is 11.0. The molecule has 0 unspecified atom stereocenters. The van der Waals surface area contributed by atoms with Gasteiger partial charge in [0.25, 0.3) is 0 Å². The summed E-state index contributed by atoms with van der Waals surface area (Å²) in [6.45, 7) is 6.05. The summed E-state index contributed by atoms with van der Waals surface area (Å²) < 4.78 is 4.86. The molecule has 78 valence electrons. The Morgan fingerprint density at radius 3 is 2.57 bits per heavy atom. The largest absolute Gasteiger partial charge is 0.462 e. The first-order chi connectivity index (χ1) is 6.57. The van der Waals surface area contributed by atoms with E-state index in [2.05, 4.69) is 0 Å². The molecule has 0 spiro atoms. The SMILES string of the molecule is CCOC(=O)C1=C(C(C)C)CCC1=O. The Bertz CT molecular complexity index is 287. The van der Waals surface area contributed by atoms with Gasteiger partial charge in [0.15, 0.2) is 5.78 Å². The van der Waals surface area contributed by atoms with Gasteiger partial charge in [0.05, 0.1) is 6.61 Å². The van der Waals surface area contributed by atoms with Gasteiger partial charge in [0, 0.05) is 6.42 Å². The number of allylic oxidation sites excluding steroid dienone is 1. The van der Waals surface area contributed by atoms with Gasteiger partial charge < -0.3 is 4.74 Å². The third-order valence-corrected chi connectivity index (χ3v) is 2.40. The molecule has 0 fully saturated rings. The van der Waals surface area contributed by atoms with Crippen LogP contribution in [0.1, 0.15) is 33.6 Å². The summed E-state index contributed by atoms with van der Waals surface area (Å²) in [5.41, 5.74) is 1.26. The molecule has 0 bridgehead atoms. The second-order valence-corrected chi connectivity index (χ2v) is 3.70. The maximum absolute atomic E-state index is 11.5. The number of hydrogen-bond acceptors (Lipinski definition) is 3. The van der Waals surface area contributed by atoms with Gasteiger partial charge in [-0.3, -0.25) is 4.79 Å². The zero-order valence-electron chi connectivity index (χ0n) is 8.92. The van der Waals surface area contributed by atoms with Gasteiger partial charge in [0.1, 0.15) is 5.57 Å². The number of carbonyl (C=O) groups excluding carboxylic acids is 2. The number of ketones is 1. The van der Waals surface area contributed by atoms with Crippen LogP contribution in [0.3, 0.4) is 0 Å². The minimum atomic E-state index is -0.446. The fourth-order valence-corrected chi connectivity index (χ4v) is 1.70. The molecule has 1 aliphatic rings. The van der Waals surface area contributed by atoms with Crippen molar-refractivity contribution in [3.8, 4) is 0 Å². The van der Waals surface area contributed by atoms with E-state index in [4.69, 9.17) is 4.74 Å². The highest BCUT2D eigenvalue weighted by Gasteiger charge is 2.30. The smallest absolute Gasteiger partial charge is 0.341 e. The molecule has 14 heavy (non-hydrogen) atoms. The molecule has 0 aromatic carbocycles. The second-order valence-electron chi connectivity index (χ2n) is 3.70. The van der Waals surface area contributed by atoms with Crippen molar-refractivity contribution in [3.63, 3.8) is 0 Å². The van der Waals surface area contributed by atoms with E-state index in [0.29, 0.717) is 25.0 Å². The molecule has 0 aromatic heterocycles. The molecule has 0 saturated carbocycles. The van der Waals surface area contributed by atoms with Crippen LogP contribution in [-0.2, 0) is 14.3 Å². The van der Waals surface area contributed by atoms with E-state index in [1.54, 1.807) is 6.92 Å². The van der Waals surface area contributed by atoms with Crippen molar-refractivity contribution in [2.24, 2.45) is 5.92 Å². The van der Waals surface area contributed by atoms with Crippen molar-refractivity contribution < 1.29 is 14.3 Å². The predicted molar refractivity (Wildman–Crippen MR) is 52.7 cm³/mol. The van der Waals surface area contributed by atoms with Crippen LogP contribution in [0.4, 0.5) is 0 Å². The molecule has 1 rings (SSSR count). The maximum Gasteiger partial charge on any atom is 0.341 e. The number of rotatable bonds is 3. The molecule has 0 aromatic rings. The third-order valence-electron chi connectivity index (χ3n) is 2.40. The average Bonchev–Trinajstić information content (AvgIpc) is 2.47. The number of esters is 1. The number of Topliss-reactive ketones (excluding diaryl/α,β-unsaturated/α-hetero) is 1. The lowest BCUT2D eigenvalue weighted by molar-refractivity contribution is -0.139. The lowest BCUT2D eigenvalue weighted by atomic mass is 9.99. The van der Waals surface area contributed by atoms with Crippen molar-refractivity contribution >= 4 is 11.8 Å². The first-order valence-electron chi connectivity index (χ1n) is 5.01. The van der Waals surface area contributed by atoms with Gasteiger partial charge in [-0.1, -0.05) is 13.8 Å². The van der Waals surface area contributed by atoms with Gasteiger partial charge in [-0.2, -0.15) is 0 Å². The highest BCUT2D eigenvalue weighted by molar-refractivity contribution is 6.19. The molecule has 0 amide bonds. The Morgan fingerprint density at radius 1 is 1.43 bits per heavy atom. The molecule has 1 aliphatic carbocycles. The minimum absolute atomic E-state index is 0.0628. The second kappa shape index (κ2) is 4.40. The Balaban J connectivity index is 2.94. The average molecular weight is 196 g/mol. The normalized spacial score (nSPS) is 16.7. The van der Waals surface area contributed by atoms with Gasteiger partial charge in [-0.15, -0.1) is 0 Å². The molecule has 3 nitrogen and oxygen atoms in total. The topological polar surface area (TPSA) is 43.4 Å². The molecule has 0 aliphatic heterocycles. The lowest BCUT2D eigenvalue weighted by Gasteiger charge is -2.08. The van der Waals surface area contributed by atoms with E-state index in [9.17, 15) is 9.59 Å². The predicted octanol–water partition coefficient (Wildman–Crippen LogP) is 1.86. The van der Waals surface area contributed by atoms with Gasteiger partial charge in [-0.05, 0) is 24.8 Å². The standard InChI is InChI=1S/C11H16O3/c1-4-14-11(13)10-8(7(2)3)5-6-9(10)12/h7H,4-6H2,1-3H3. The van der Waals surface area contributed by atoms with Crippen LogP contribution in [0, 0.1) is 5.92 Å². The Kier molecular flexibility index (Phi) is 3.44. The number of carbonyl (C=O) groups is 2. The van der Waals surface area contributed by atoms with Crippen molar-refractivity contribution in [3.05, 3.63) is 11.1 Å². The van der Waals surface area contributed by atoms with Crippen LogP contribution in [0.2, 0.25) is 0 Å². The molecule has 0 radical (unpaired) electrons. The van der Waals surface area contributed by atoms with Crippen LogP contribution < -0.4 is 0 Å². The Labute approximate surface area is 84.1 Å². The van der Waals surface area contributed by atoms with E-state index >= 15 is 0 Å². The van der Waals surface area contributed by atoms with E-state index in [1.165, 1.54) is 0 Å². The fraction of sp³-hybridized carbons (Fsp3) is 0.636. The molecule has 0 heterocycles. The van der Waals surface area contributed by atoms with Crippen LogP contribution in [0.5, 0.6) is 0 Å². The van der Waals surface area contributed by atoms with Crippen LogP contribution in [0.25, 0.3) is 0 Å². The maximum atomic E-state index is 11.5. The minimum Gasteiger partial charge on any atom is -0.462 e. The molecular weight excluding hydrogens is 180 g/mol. The quantitative estimate of drug-likeness (QED) is 0.511. The van der Waals surface area contributed by atoms with Crippen LogP contribution in [0.15, 0.2) is 11.1 Å². The molecule has 0 saturated heterocycles. The summed E-state index contributed by atoms with van der Waals surface area (Å²) in [7, 11) is 0. The van der Waals surface area contributed by atoms with E-state index in [-0.39, 0.29) is 11.7 Å². The number of hydrogen-bond donors (Lipinski definition) is 0. The summed E-state index contributed by atoms with van der Waals surface area (Å²) in [6.07, 6.45) is 1.17. The van der Waals surface area contributed by atoms with Crippen molar-refractivity contribution in [1.82, 2.24) is 0 Å². The summed E-state index contributed by atoms with van der Waals surface area (Å²) >= 11 is 0. The molecule has 0 N–H and O–H groups in total. The zero-order chi connectivity index (χ0) is 10.7. The fourth-order valence-electron chi connectivity index (χ4n) is 1.70. The number of ether oxygens (including phenoxy) is 1. The van der Waals surface area contributed by atoms with Crippen molar-refractivity contribution in [2.75, 3.05) is 6.61 Å². The van der Waals surface area contributed by atoms with Gasteiger partial charge >= 0.3 is 5.97 Å². The van der Waals surface area contributed by atoms with Crippen molar-refractivity contribution in [2.45, 2.75) is 33.6 Å². The van der Waals surface area contributed by atoms with Crippen LogP contribution in [-0.4, -0.2) is 18.4 Å². The monoisotopic (exact) mass is 196 g/mol. The molecule has 0 atom stereocenters. The zero-order valence-corrected chi connectivity index (χ0v) is 8.92. The highest BCUT2D eigenvalue weighted by atomic mass is 16.5. The van der Waals surface area contributed by atoms with E-state index in [1.807, 2.05) is 13.8 Å². The summed E-state index contributed by atoms with van der Waals surface area (Å²) in [5.74, 6) is -0.258. The summed E-state index contributed by atoms with van der Waals surface area (Å²) in [6, 6.07) is 0. The Hall–Kier alpha value is -1.12.